The first-order valence-corrected chi connectivity index (χ1v) is 2.08. The van der Waals surface area contributed by atoms with Crippen LogP contribution in [0, 0.1) is 0 Å². The van der Waals surface area contributed by atoms with Crippen LogP contribution in [0.3, 0.4) is 0 Å². The van der Waals surface area contributed by atoms with Gasteiger partial charge in [0.15, 0.2) is 0 Å². The number of hydrogen-bond acceptors (Lipinski definition) is 4. The summed E-state index contributed by atoms with van der Waals surface area (Å²) in [6.45, 7) is 1.65. The predicted octanol–water partition coefficient (Wildman–Crippen LogP) is -1.49. The molecule has 0 spiro atoms. The third-order valence-corrected chi connectivity index (χ3v) is 0.928. The van der Waals surface area contributed by atoms with E-state index in [0.29, 0.717) is 0 Å². The summed E-state index contributed by atoms with van der Waals surface area (Å²) in [4.78, 5) is 4.34. The number of hydroxylamine groups is 1. The van der Waals surface area contributed by atoms with Crippen molar-refractivity contribution < 1.29 is 9.94 Å². The molecule has 0 bridgehead atoms. The van der Waals surface area contributed by atoms with Gasteiger partial charge in [0, 0.05) is 0 Å². The van der Waals surface area contributed by atoms with E-state index in [-0.39, 0.29) is 6.04 Å². The lowest BCUT2D eigenvalue weighted by atomic mass is 10.3. The molecule has 4 heteroatoms. The molecule has 1 saturated heterocycles. The Morgan fingerprint density at radius 1 is 2.00 bits per heavy atom. The second kappa shape index (κ2) is 1.16. The van der Waals surface area contributed by atoms with Crippen molar-refractivity contribution in [3.63, 3.8) is 0 Å². The van der Waals surface area contributed by atoms with Gasteiger partial charge in [0.05, 0.1) is 6.04 Å². The first-order chi connectivity index (χ1) is 3.15. The minimum absolute atomic E-state index is 0.368. The summed E-state index contributed by atoms with van der Waals surface area (Å²) in [7, 11) is 0. The molecule has 1 unspecified atom stereocenters. The zero-order valence-electron chi connectivity index (χ0n) is 4.01. The van der Waals surface area contributed by atoms with Crippen LogP contribution in [0.4, 0.5) is 0 Å². The third-order valence-electron chi connectivity index (χ3n) is 0.928. The van der Waals surface area contributed by atoms with Crippen molar-refractivity contribution in [1.82, 2.24) is 5.48 Å². The van der Waals surface area contributed by atoms with E-state index in [1.54, 1.807) is 6.92 Å². The second-order valence-electron chi connectivity index (χ2n) is 1.69. The molecule has 1 aliphatic heterocycles. The zero-order valence-corrected chi connectivity index (χ0v) is 4.01. The molecule has 0 aromatic heterocycles. The molecule has 0 saturated carbocycles. The quantitative estimate of drug-likeness (QED) is 0.354. The van der Waals surface area contributed by atoms with Crippen LogP contribution >= 0.6 is 0 Å². The molecule has 0 aliphatic carbocycles. The number of aliphatic hydroxyl groups is 1. The van der Waals surface area contributed by atoms with E-state index in [1.165, 1.54) is 0 Å². The van der Waals surface area contributed by atoms with Crippen molar-refractivity contribution in [2.24, 2.45) is 5.73 Å². The van der Waals surface area contributed by atoms with Crippen LogP contribution in [0.2, 0.25) is 0 Å². The topological polar surface area (TPSA) is 80.7 Å². The van der Waals surface area contributed by atoms with E-state index < -0.39 is 5.91 Å². The fraction of sp³-hybridized carbons (Fsp3) is 1.00. The van der Waals surface area contributed by atoms with Crippen LogP contribution in [0.15, 0.2) is 0 Å². The molecule has 1 heterocycles. The third kappa shape index (κ3) is 0.733. The molecule has 0 aromatic rings. The van der Waals surface area contributed by atoms with Crippen LogP contribution in [-0.2, 0) is 4.84 Å². The first kappa shape index (κ1) is 4.99. The number of nitrogens with two attached hydrogens (primary N) is 1. The molecule has 7 heavy (non-hydrogen) atoms. The normalized spacial score (nSPS) is 43.3. The Morgan fingerprint density at radius 2 is 2.43 bits per heavy atom. The molecular weight excluding hydrogens is 96.0 g/mol. The predicted molar refractivity (Wildman–Crippen MR) is 22.8 cm³/mol. The Hall–Kier alpha value is -0.160. The highest BCUT2D eigenvalue weighted by Gasteiger charge is 2.46. The van der Waals surface area contributed by atoms with Crippen LogP contribution in [0.5, 0.6) is 0 Å². The van der Waals surface area contributed by atoms with E-state index in [9.17, 15) is 0 Å². The van der Waals surface area contributed by atoms with Gasteiger partial charge in [-0.15, -0.1) is 5.48 Å². The fourth-order valence-electron chi connectivity index (χ4n) is 0.238. The van der Waals surface area contributed by atoms with E-state index in [1.807, 2.05) is 0 Å². The summed E-state index contributed by atoms with van der Waals surface area (Å²) in [5.41, 5.74) is 7.44. The lowest BCUT2D eigenvalue weighted by Crippen LogP contribution is -2.36. The van der Waals surface area contributed by atoms with Crippen molar-refractivity contribution in [1.29, 1.82) is 0 Å². The Morgan fingerprint density at radius 3 is 2.43 bits per heavy atom. The number of rotatable bonds is 1. The van der Waals surface area contributed by atoms with Gasteiger partial charge in [-0.25, -0.2) is 4.84 Å². The van der Waals surface area contributed by atoms with E-state index in [0.717, 1.165) is 0 Å². The molecule has 1 rings (SSSR count). The van der Waals surface area contributed by atoms with Gasteiger partial charge in [0.2, 0.25) is 0 Å². The largest absolute Gasteiger partial charge is 0.349 e. The number of hydrogen-bond donors (Lipinski definition) is 3. The first-order valence-electron chi connectivity index (χ1n) is 2.08. The second-order valence-corrected chi connectivity index (χ2v) is 1.69. The van der Waals surface area contributed by atoms with E-state index >= 15 is 0 Å². The molecule has 0 amide bonds. The molecule has 0 radical (unpaired) electrons. The standard InChI is InChI=1S/C3H8N2O2/c1-2(4)3(6)5-7-3/h2,5-6H,4H2,1H3/t2-,3?/m0/s1. The summed E-state index contributed by atoms with van der Waals surface area (Å²) in [6.07, 6.45) is 0. The van der Waals surface area contributed by atoms with Gasteiger partial charge in [-0.2, -0.15) is 0 Å². The average Bonchev–Trinajstić information content (AvgIpc) is 2.21. The van der Waals surface area contributed by atoms with Gasteiger partial charge in [0.25, 0.3) is 5.91 Å². The highest BCUT2D eigenvalue weighted by Crippen LogP contribution is 2.16. The molecule has 0 aromatic carbocycles. The molecule has 1 aliphatic rings. The van der Waals surface area contributed by atoms with Crippen molar-refractivity contribution in [3.05, 3.63) is 0 Å². The Labute approximate surface area is 41.2 Å². The highest BCUT2D eigenvalue weighted by atomic mass is 16.9. The van der Waals surface area contributed by atoms with Crippen molar-refractivity contribution in [2.45, 2.75) is 18.9 Å². The maximum atomic E-state index is 8.75. The van der Waals surface area contributed by atoms with Crippen molar-refractivity contribution in [3.8, 4) is 0 Å². The van der Waals surface area contributed by atoms with Gasteiger partial charge < -0.3 is 10.8 Å². The maximum Gasteiger partial charge on any atom is 0.279 e. The summed E-state index contributed by atoms with van der Waals surface area (Å²) in [5, 5.41) is 8.75. The summed E-state index contributed by atoms with van der Waals surface area (Å²) >= 11 is 0. The monoisotopic (exact) mass is 104 g/mol. The van der Waals surface area contributed by atoms with E-state index in [2.05, 4.69) is 10.3 Å². The molecule has 4 N–H and O–H groups in total. The molecule has 1 fully saturated rings. The minimum atomic E-state index is -1.22. The highest BCUT2D eigenvalue weighted by molar-refractivity contribution is 4.78. The van der Waals surface area contributed by atoms with Crippen molar-refractivity contribution >= 4 is 0 Å². The minimum Gasteiger partial charge on any atom is -0.349 e. The Bertz CT molecular complexity index is 79.0. The molecule has 42 valence electrons. The zero-order chi connectivity index (χ0) is 5.49. The smallest absolute Gasteiger partial charge is 0.279 e. The van der Waals surface area contributed by atoms with Crippen LogP contribution < -0.4 is 11.2 Å². The lowest BCUT2D eigenvalue weighted by molar-refractivity contribution is 0.0177. The van der Waals surface area contributed by atoms with Crippen LogP contribution in [-0.4, -0.2) is 17.1 Å². The average molecular weight is 104 g/mol. The maximum absolute atomic E-state index is 8.75. The van der Waals surface area contributed by atoms with Gasteiger partial charge in [-0.1, -0.05) is 0 Å². The summed E-state index contributed by atoms with van der Waals surface area (Å²) in [6, 6.07) is -0.368. The fourth-order valence-corrected chi connectivity index (χ4v) is 0.238. The molecule has 4 nitrogen and oxygen atoms in total. The van der Waals surface area contributed by atoms with Crippen molar-refractivity contribution in [2.75, 3.05) is 0 Å². The van der Waals surface area contributed by atoms with Gasteiger partial charge >= 0.3 is 0 Å². The Kier molecular flexibility index (Phi) is 0.829. The van der Waals surface area contributed by atoms with E-state index in [4.69, 9.17) is 10.8 Å². The summed E-state index contributed by atoms with van der Waals surface area (Å²) < 4.78 is 0. The van der Waals surface area contributed by atoms with Gasteiger partial charge in [-0.3, -0.25) is 0 Å². The molecular formula is C3H8N2O2. The van der Waals surface area contributed by atoms with Crippen LogP contribution in [0.25, 0.3) is 0 Å². The SMILES string of the molecule is C[C@H](N)C1(O)NO1. The van der Waals surface area contributed by atoms with Crippen LogP contribution in [0.1, 0.15) is 6.92 Å². The molecule has 2 atom stereocenters. The van der Waals surface area contributed by atoms with Gasteiger partial charge in [-0.05, 0) is 6.92 Å². The Balaban J connectivity index is 2.39. The number of nitrogens with one attached hydrogen (secondary N) is 1. The van der Waals surface area contributed by atoms with Gasteiger partial charge in [0.1, 0.15) is 0 Å². The lowest BCUT2D eigenvalue weighted by Gasteiger charge is -2.02. The summed E-state index contributed by atoms with van der Waals surface area (Å²) in [5.74, 6) is -1.22.